The second kappa shape index (κ2) is 17.5. The van der Waals surface area contributed by atoms with E-state index in [9.17, 15) is 6.48 Å². The van der Waals surface area contributed by atoms with E-state index in [0.717, 1.165) is 78.0 Å². The standard InChI is InChI=1S/C61H59N3O/c1-38(2)46-34-54(40(5)6)59(65)55(35-46)60-63-58-52(21-16-22-57(58)64(60)50-27-28-51(53(37-50)39(3)4)44-19-14-11-15-20-44)47-31-48(33-49(32-47)61(7,8)9)56-36-45(29-30-62-56)43-25-23-42(24-26-43)41-17-12-10-13-18-41/h10-40,65H,1-9H3/i39D. The summed E-state index contributed by atoms with van der Waals surface area (Å²) < 4.78 is 11.6. The summed E-state index contributed by atoms with van der Waals surface area (Å²) in [5.41, 5.74) is 17.9. The first kappa shape index (κ1) is 41.9. The molecular formula is C61H59N3O. The van der Waals surface area contributed by atoms with Gasteiger partial charge in [0.2, 0.25) is 0 Å². The summed E-state index contributed by atoms with van der Waals surface area (Å²) in [5, 5.41) is 12.2. The smallest absolute Gasteiger partial charge is 0.149 e. The van der Waals surface area contributed by atoms with E-state index in [1.807, 2.05) is 44.3 Å². The molecule has 0 aliphatic rings. The molecule has 0 bridgehead atoms. The van der Waals surface area contributed by atoms with Gasteiger partial charge in [-0.15, -0.1) is 0 Å². The fourth-order valence-corrected chi connectivity index (χ4v) is 8.97. The largest absolute Gasteiger partial charge is 0.507 e. The fourth-order valence-electron chi connectivity index (χ4n) is 8.97. The van der Waals surface area contributed by atoms with Crippen molar-refractivity contribution in [2.24, 2.45) is 0 Å². The normalized spacial score (nSPS) is 12.3. The number of aromatic hydroxyl groups is 1. The van der Waals surface area contributed by atoms with Gasteiger partial charge in [0, 0.05) is 24.4 Å². The Hall–Kier alpha value is -7.04. The van der Waals surface area contributed by atoms with E-state index in [4.69, 9.17) is 9.97 Å². The fraction of sp³-hybridized carbons (Fsp3) is 0.213. The first-order valence-corrected chi connectivity index (χ1v) is 22.9. The summed E-state index contributed by atoms with van der Waals surface area (Å²) in [7, 11) is 0. The first-order valence-electron chi connectivity index (χ1n) is 23.4. The average molecular weight is 851 g/mol. The lowest BCUT2D eigenvalue weighted by Crippen LogP contribution is -2.11. The molecule has 2 aromatic heterocycles. The first-order chi connectivity index (χ1) is 31.5. The molecular weight excluding hydrogens is 791 g/mol. The molecule has 65 heavy (non-hydrogen) atoms. The number of aromatic nitrogens is 3. The van der Waals surface area contributed by atoms with Crippen LogP contribution in [0.15, 0.2) is 170 Å². The summed E-state index contributed by atoms with van der Waals surface area (Å²) >= 11 is 0. The Labute approximate surface area is 386 Å². The van der Waals surface area contributed by atoms with Crippen molar-refractivity contribution < 1.29 is 6.48 Å². The van der Waals surface area contributed by atoms with Gasteiger partial charge in [0.05, 0.1) is 22.3 Å². The predicted molar refractivity (Wildman–Crippen MR) is 274 cm³/mol. The molecule has 0 amide bonds. The van der Waals surface area contributed by atoms with Gasteiger partial charge in [-0.2, -0.15) is 0 Å². The van der Waals surface area contributed by atoms with Gasteiger partial charge in [0.15, 0.2) is 0 Å². The van der Waals surface area contributed by atoms with Crippen LogP contribution in [0.25, 0.3) is 83.9 Å². The molecule has 9 rings (SSSR count). The maximum absolute atomic E-state index is 12.2. The molecule has 4 nitrogen and oxygen atoms in total. The zero-order chi connectivity index (χ0) is 46.5. The third kappa shape index (κ3) is 8.54. The molecule has 4 heteroatoms. The zero-order valence-electron chi connectivity index (χ0n) is 40.1. The third-order valence-electron chi connectivity index (χ3n) is 12.8. The summed E-state index contributed by atoms with van der Waals surface area (Å²) in [4.78, 5) is 10.6. The van der Waals surface area contributed by atoms with E-state index in [1.54, 1.807) is 0 Å². The molecule has 0 atom stereocenters. The monoisotopic (exact) mass is 850 g/mol. The summed E-state index contributed by atoms with van der Waals surface area (Å²) in [5.74, 6) is 0.313. The van der Waals surface area contributed by atoms with E-state index in [1.165, 1.54) is 16.7 Å². The number of imidazole rings is 1. The van der Waals surface area contributed by atoms with Gasteiger partial charge < -0.3 is 5.11 Å². The molecule has 0 aliphatic carbocycles. The van der Waals surface area contributed by atoms with Crippen LogP contribution in [0, 0.1) is 0 Å². The van der Waals surface area contributed by atoms with Gasteiger partial charge >= 0.3 is 0 Å². The number of para-hydroxylation sites is 1. The number of benzene rings is 7. The van der Waals surface area contributed by atoms with Gasteiger partial charge in [-0.3, -0.25) is 9.55 Å². The molecule has 0 radical (unpaired) electrons. The highest BCUT2D eigenvalue weighted by Crippen LogP contribution is 2.44. The van der Waals surface area contributed by atoms with Crippen LogP contribution in [0.5, 0.6) is 5.75 Å². The Balaban J connectivity index is 1.26. The molecule has 2 heterocycles. The summed E-state index contributed by atoms with van der Waals surface area (Å²) in [6, 6.07) is 57.7. The topological polar surface area (TPSA) is 50.9 Å². The highest BCUT2D eigenvalue weighted by molar-refractivity contribution is 5.97. The number of rotatable bonds is 10. The van der Waals surface area contributed by atoms with Crippen molar-refractivity contribution in [2.45, 2.75) is 85.5 Å². The van der Waals surface area contributed by atoms with E-state index >= 15 is 0 Å². The summed E-state index contributed by atoms with van der Waals surface area (Å²) in [6.07, 6.45) is 1.91. The van der Waals surface area contributed by atoms with Crippen LogP contribution in [0.3, 0.4) is 0 Å². The van der Waals surface area contributed by atoms with Gasteiger partial charge in [-0.05, 0) is 133 Å². The predicted octanol–water partition coefficient (Wildman–Crippen LogP) is 16.8. The number of pyridine rings is 1. The summed E-state index contributed by atoms with van der Waals surface area (Å²) in [6.45, 7) is 19.3. The Morgan fingerprint density at radius 2 is 1.17 bits per heavy atom. The number of nitrogens with zero attached hydrogens (tertiary/aromatic N) is 3. The Morgan fingerprint density at radius 1 is 0.523 bits per heavy atom. The minimum Gasteiger partial charge on any atom is -0.507 e. The van der Waals surface area contributed by atoms with E-state index in [-0.39, 0.29) is 23.0 Å². The van der Waals surface area contributed by atoms with Crippen LogP contribution in [0.1, 0.15) is 104 Å². The second-order valence-corrected chi connectivity index (χ2v) is 19.3. The van der Waals surface area contributed by atoms with Crippen molar-refractivity contribution in [3.63, 3.8) is 0 Å². The van der Waals surface area contributed by atoms with Crippen LogP contribution in [-0.2, 0) is 5.41 Å². The Bertz CT molecular complexity index is 3200. The zero-order valence-corrected chi connectivity index (χ0v) is 39.1. The Kier molecular flexibility index (Phi) is 11.3. The molecule has 1 N–H and O–H groups in total. The van der Waals surface area contributed by atoms with Gasteiger partial charge in [0.1, 0.15) is 11.6 Å². The minimum atomic E-state index is -0.909. The lowest BCUT2D eigenvalue weighted by atomic mass is 9.83. The molecule has 0 fully saturated rings. The van der Waals surface area contributed by atoms with Crippen LogP contribution in [-0.4, -0.2) is 19.6 Å². The third-order valence-corrected chi connectivity index (χ3v) is 12.8. The molecule has 0 spiro atoms. The van der Waals surface area contributed by atoms with E-state index < -0.39 is 5.89 Å². The lowest BCUT2D eigenvalue weighted by molar-refractivity contribution is 0.466. The molecule has 324 valence electrons. The Morgan fingerprint density at radius 3 is 1.82 bits per heavy atom. The van der Waals surface area contributed by atoms with Gasteiger partial charge in [-0.25, -0.2) is 4.98 Å². The van der Waals surface area contributed by atoms with Crippen LogP contribution in [0.4, 0.5) is 0 Å². The lowest BCUT2D eigenvalue weighted by Gasteiger charge is -2.22. The highest BCUT2D eigenvalue weighted by Gasteiger charge is 2.25. The number of hydrogen-bond acceptors (Lipinski definition) is 3. The average Bonchev–Trinajstić information content (AvgIpc) is 3.71. The molecule has 0 saturated carbocycles. The van der Waals surface area contributed by atoms with Crippen molar-refractivity contribution >= 4 is 11.0 Å². The number of phenolic OH excluding ortho intramolecular Hbond substituents is 1. The molecule has 0 saturated heterocycles. The van der Waals surface area contributed by atoms with Gasteiger partial charge in [0.25, 0.3) is 0 Å². The van der Waals surface area contributed by atoms with Crippen molar-refractivity contribution in [2.75, 3.05) is 0 Å². The second-order valence-electron chi connectivity index (χ2n) is 19.3. The van der Waals surface area contributed by atoms with E-state index in [0.29, 0.717) is 11.4 Å². The van der Waals surface area contributed by atoms with Crippen molar-refractivity contribution in [3.05, 3.63) is 192 Å². The highest BCUT2D eigenvalue weighted by atomic mass is 16.3. The molecule has 0 unspecified atom stereocenters. The molecule has 7 aromatic carbocycles. The maximum atomic E-state index is 12.2. The van der Waals surface area contributed by atoms with Crippen LogP contribution < -0.4 is 0 Å². The maximum Gasteiger partial charge on any atom is 0.149 e. The number of fused-ring (bicyclic) bond motifs is 1. The number of hydrogen-bond donors (Lipinski definition) is 1. The SMILES string of the molecule is [2H]C(C)(C)c1cc(-n2c(-c3cc(C(C)C)cc(C(C)C)c3O)nc3c(-c4cc(-c5cc(-c6ccc(-c7ccccc7)cc6)ccn5)cc(C(C)(C)C)c4)cccc32)ccc1-c1ccccc1. The van der Waals surface area contributed by atoms with Gasteiger partial charge in [-0.1, -0.05) is 178 Å². The van der Waals surface area contributed by atoms with E-state index in [2.05, 4.69) is 193 Å². The van der Waals surface area contributed by atoms with Crippen molar-refractivity contribution in [3.8, 4) is 78.6 Å². The molecule has 0 aliphatic heterocycles. The minimum absolute atomic E-state index is 0.0936. The van der Waals surface area contributed by atoms with Crippen molar-refractivity contribution in [1.82, 2.24) is 14.5 Å². The quantitative estimate of drug-likeness (QED) is 0.149. The molecule has 9 aromatic rings. The number of phenols is 1. The van der Waals surface area contributed by atoms with Crippen molar-refractivity contribution in [1.29, 1.82) is 0 Å². The van der Waals surface area contributed by atoms with Crippen LogP contribution in [0.2, 0.25) is 0 Å². The van der Waals surface area contributed by atoms with Crippen LogP contribution >= 0.6 is 0 Å².